The van der Waals surface area contributed by atoms with E-state index in [4.69, 9.17) is 4.74 Å². The van der Waals surface area contributed by atoms with Gasteiger partial charge in [-0.15, -0.1) is 0 Å². The van der Waals surface area contributed by atoms with E-state index < -0.39 is 0 Å². The van der Waals surface area contributed by atoms with Crippen LogP contribution < -0.4 is 0 Å². The Kier molecular flexibility index (Phi) is 5.20. The molecule has 1 amide bonds. The van der Waals surface area contributed by atoms with Crippen LogP contribution in [0.1, 0.15) is 28.5 Å². The van der Waals surface area contributed by atoms with Crippen LogP contribution in [0.5, 0.6) is 0 Å². The minimum atomic E-state index is -0.390. The van der Waals surface area contributed by atoms with E-state index >= 15 is 0 Å². The van der Waals surface area contributed by atoms with Crippen molar-refractivity contribution in [2.24, 2.45) is 5.92 Å². The number of aliphatic hydroxyl groups is 1. The molecule has 3 aromatic rings. The molecule has 0 saturated carbocycles. The van der Waals surface area contributed by atoms with Crippen LogP contribution in [0.3, 0.4) is 0 Å². The van der Waals surface area contributed by atoms with Crippen molar-refractivity contribution in [1.29, 1.82) is 0 Å². The van der Waals surface area contributed by atoms with E-state index in [1.54, 1.807) is 11.0 Å². The second kappa shape index (κ2) is 8.16. The minimum Gasteiger partial charge on any atom is -0.448 e. The Morgan fingerprint density at radius 1 is 0.968 bits per heavy atom. The molecule has 0 bridgehead atoms. The summed E-state index contributed by atoms with van der Waals surface area (Å²) in [5, 5.41) is 9.82. The first-order valence-electron chi connectivity index (χ1n) is 10.6. The highest BCUT2D eigenvalue weighted by molar-refractivity contribution is 5.79. The van der Waals surface area contributed by atoms with Crippen molar-refractivity contribution in [1.82, 2.24) is 4.90 Å². The topological polar surface area (TPSA) is 49.8 Å². The SMILES string of the molecule is O=C(OCC1c2ccccc2-c2ccccc21)N1C[C@@H](CO)[C@H](c2cccc(F)c2)C1. The highest BCUT2D eigenvalue weighted by Gasteiger charge is 2.37. The van der Waals surface area contributed by atoms with Gasteiger partial charge in [0.05, 0.1) is 0 Å². The van der Waals surface area contributed by atoms with E-state index in [-0.39, 0.29) is 42.9 Å². The van der Waals surface area contributed by atoms with Gasteiger partial charge in [0.2, 0.25) is 0 Å². The van der Waals surface area contributed by atoms with Gasteiger partial charge in [-0.2, -0.15) is 0 Å². The number of likely N-dealkylation sites (tertiary alicyclic amines) is 1. The number of rotatable bonds is 4. The van der Waals surface area contributed by atoms with Gasteiger partial charge in [0.1, 0.15) is 12.4 Å². The number of ether oxygens (including phenoxy) is 1. The second-order valence-corrected chi connectivity index (χ2v) is 8.31. The third-order valence-corrected chi connectivity index (χ3v) is 6.55. The molecular weight excluding hydrogens is 393 g/mol. The van der Waals surface area contributed by atoms with Crippen molar-refractivity contribution in [2.75, 3.05) is 26.3 Å². The lowest BCUT2D eigenvalue weighted by atomic mass is 9.89. The third-order valence-electron chi connectivity index (χ3n) is 6.55. The Hall–Kier alpha value is -3.18. The fraction of sp³-hybridized carbons (Fsp3) is 0.269. The smallest absolute Gasteiger partial charge is 0.409 e. The summed E-state index contributed by atoms with van der Waals surface area (Å²) < 4.78 is 19.4. The number of amides is 1. The van der Waals surface area contributed by atoms with Gasteiger partial charge in [-0.25, -0.2) is 9.18 Å². The summed E-state index contributed by atoms with van der Waals surface area (Å²) in [7, 11) is 0. The molecule has 2 aliphatic rings. The molecule has 0 unspecified atom stereocenters. The molecule has 2 atom stereocenters. The zero-order valence-corrected chi connectivity index (χ0v) is 17.1. The standard InChI is InChI=1S/C26H24FNO3/c27-19-7-5-6-17(12-19)24-14-28(13-18(24)15-29)26(30)31-16-25-22-10-3-1-8-20(22)21-9-2-4-11-23(21)25/h1-12,18,24-25,29H,13-16H2/t18-,24-/m0/s1. The quantitative estimate of drug-likeness (QED) is 0.665. The van der Waals surface area contributed by atoms with Crippen LogP contribution in [-0.4, -0.2) is 42.4 Å². The highest BCUT2D eigenvalue weighted by Crippen LogP contribution is 2.44. The van der Waals surface area contributed by atoms with E-state index in [0.717, 1.165) is 5.56 Å². The molecule has 1 heterocycles. The number of carbonyl (C=O) groups excluding carboxylic acids is 1. The van der Waals surface area contributed by atoms with E-state index in [0.29, 0.717) is 13.1 Å². The summed E-state index contributed by atoms with van der Waals surface area (Å²) in [6.45, 7) is 1.01. The van der Waals surface area contributed by atoms with Gasteiger partial charge >= 0.3 is 6.09 Å². The molecule has 1 aliphatic heterocycles. The van der Waals surface area contributed by atoms with Gasteiger partial charge in [-0.1, -0.05) is 60.7 Å². The Balaban J connectivity index is 1.30. The Bertz CT molecular complexity index is 1070. The average molecular weight is 417 g/mol. The maximum absolute atomic E-state index is 13.7. The first-order valence-corrected chi connectivity index (χ1v) is 10.6. The highest BCUT2D eigenvalue weighted by atomic mass is 19.1. The van der Waals surface area contributed by atoms with Crippen molar-refractivity contribution < 1.29 is 19.0 Å². The Labute approximate surface area is 180 Å². The fourth-order valence-corrected chi connectivity index (χ4v) is 5.01. The summed E-state index contributed by atoms with van der Waals surface area (Å²) in [5.74, 6) is -0.552. The normalized spacial score (nSPS) is 19.9. The van der Waals surface area contributed by atoms with E-state index in [9.17, 15) is 14.3 Å². The first-order chi connectivity index (χ1) is 15.2. The van der Waals surface area contributed by atoms with Crippen LogP contribution in [-0.2, 0) is 4.74 Å². The minimum absolute atomic E-state index is 0.00612. The van der Waals surface area contributed by atoms with Crippen LogP contribution in [0.15, 0.2) is 72.8 Å². The zero-order chi connectivity index (χ0) is 21.4. The third kappa shape index (κ3) is 3.59. The monoisotopic (exact) mass is 417 g/mol. The van der Waals surface area contributed by atoms with Gasteiger partial charge in [-0.05, 0) is 39.9 Å². The molecule has 0 radical (unpaired) electrons. The van der Waals surface area contributed by atoms with Crippen molar-refractivity contribution >= 4 is 6.09 Å². The largest absolute Gasteiger partial charge is 0.448 e. The second-order valence-electron chi connectivity index (χ2n) is 8.31. The average Bonchev–Trinajstić information content (AvgIpc) is 3.37. The molecular formula is C26H24FNO3. The lowest BCUT2D eigenvalue weighted by molar-refractivity contribution is 0.105. The van der Waals surface area contributed by atoms with Crippen molar-refractivity contribution in [3.8, 4) is 11.1 Å². The molecule has 5 rings (SSSR count). The maximum atomic E-state index is 13.7. The number of halogens is 1. The molecule has 0 spiro atoms. The van der Waals surface area contributed by atoms with E-state index in [1.807, 2.05) is 30.3 Å². The number of hydrogen-bond donors (Lipinski definition) is 1. The van der Waals surface area contributed by atoms with Gasteiger partial charge in [0, 0.05) is 37.5 Å². The van der Waals surface area contributed by atoms with E-state index in [1.165, 1.54) is 34.4 Å². The Morgan fingerprint density at radius 3 is 2.29 bits per heavy atom. The van der Waals surface area contributed by atoms with Crippen molar-refractivity contribution in [3.05, 3.63) is 95.3 Å². The summed E-state index contributed by atoms with van der Waals surface area (Å²) in [6.07, 6.45) is -0.390. The van der Waals surface area contributed by atoms with Gasteiger partial charge in [0.15, 0.2) is 0 Å². The number of hydrogen-bond acceptors (Lipinski definition) is 3. The molecule has 0 aromatic heterocycles. The van der Waals surface area contributed by atoms with Crippen LogP contribution in [0.4, 0.5) is 9.18 Å². The number of benzene rings is 3. The lowest BCUT2D eigenvalue weighted by Gasteiger charge is -2.19. The van der Waals surface area contributed by atoms with Crippen molar-refractivity contribution in [2.45, 2.75) is 11.8 Å². The molecule has 31 heavy (non-hydrogen) atoms. The van der Waals surface area contributed by atoms with Crippen LogP contribution in [0.25, 0.3) is 11.1 Å². The summed E-state index contributed by atoms with van der Waals surface area (Å²) in [4.78, 5) is 14.5. The number of fused-ring (bicyclic) bond motifs is 3. The van der Waals surface area contributed by atoms with Crippen LogP contribution in [0, 0.1) is 11.7 Å². The van der Waals surface area contributed by atoms with Crippen molar-refractivity contribution in [3.63, 3.8) is 0 Å². The molecule has 1 fully saturated rings. The molecule has 4 nitrogen and oxygen atoms in total. The van der Waals surface area contributed by atoms with Gasteiger partial charge in [-0.3, -0.25) is 0 Å². The first kappa shape index (κ1) is 19.8. The Morgan fingerprint density at radius 2 is 1.65 bits per heavy atom. The molecule has 1 saturated heterocycles. The molecule has 1 N–H and O–H groups in total. The fourth-order valence-electron chi connectivity index (χ4n) is 5.01. The van der Waals surface area contributed by atoms with Crippen LogP contribution >= 0.6 is 0 Å². The van der Waals surface area contributed by atoms with Crippen LogP contribution in [0.2, 0.25) is 0 Å². The molecule has 1 aliphatic carbocycles. The molecule has 3 aromatic carbocycles. The summed E-state index contributed by atoms with van der Waals surface area (Å²) in [5.41, 5.74) is 5.51. The predicted octanol–water partition coefficient (Wildman–Crippen LogP) is 4.78. The summed E-state index contributed by atoms with van der Waals surface area (Å²) >= 11 is 0. The summed E-state index contributed by atoms with van der Waals surface area (Å²) in [6, 6.07) is 22.8. The molecule has 5 heteroatoms. The number of carbonyl (C=O) groups is 1. The molecule has 158 valence electrons. The van der Waals surface area contributed by atoms with E-state index in [2.05, 4.69) is 24.3 Å². The predicted molar refractivity (Wildman–Crippen MR) is 116 cm³/mol. The number of aliphatic hydroxyl groups excluding tert-OH is 1. The number of nitrogens with zero attached hydrogens (tertiary/aromatic N) is 1. The zero-order valence-electron chi connectivity index (χ0n) is 17.1. The maximum Gasteiger partial charge on any atom is 0.409 e. The lowest BCUT2D eigenvalue weighted by Crippen LogP contribution is -2.31. The van der Waals surface area contributed by atoms with Gasteiger partial charge in [0.25, 0.3) is 0 Å². The van der Waals surface area contributed by atoms with Gasteiger partial charge < -0.3 is 14.7 Å².